The van der Waals surface area contributed by atoms with Crippen molar-refractivity contribution in [2.24, 2.45) is 0 Å². The van der Waals surface area contributed by atoms with Crippen LogP contribution in [0.4, 0.5) is 0 Å². The summed E-state index contributed by atoms with van der Waals surface area (Å²) in [6, 6.07) is 16.8. The summed E-state index contributed by atoms with van der Waals surface area (Å²) in [7, 11) is 0. The van der Waals surface area contributed by atoms with Crippen LogP contribution in [0.15, 0.2) is 55.1 Å². The molecule has 0 aliphatic heterocycles. The maximum Gasteiger partial charge on any atom is 0.0406 e. The number of hydrogen-bond donors (Lipinski definition) is 0. The number of rotatable bonds is 1. The van der Waals surface area contributed by atoms with E-state index in [-0.39, 0.29) is 0 Å². The average molecular weight is 255 g/mol. The largest absolute Gasteiger partial charge is 0.0952 e. The maximum absolute atomic E-state index is 5.94. The number of allylic oxidation sites excluding steroid dienone is 1. The molecule has 0 amide bonds. The predicted molar refractivity (Wildman–Crippen MR) is 78.0 cm³/mol. The van der Waals surface area contributed by atoms with Gasteiger partial charge >= 0.3 is 0 Å². The summed E-state index contributed by atoms with van der Waals surface area (Å²) in [5, 5.41) is 0.800. The quantitative estimate of drug-likeness (QED) is 0.666. The number of fused-ring (bicyclic) bond motifs is 1. The molecular formula is C17H15Cl. The Hall–Kier alpha value is -1.53. The first kappa shape index (κ1) is 11.6. The van der Waals surface area contributed by atoms with Crippen molar-refractivity contribution in [3.63, 3.8) is 0 Å². The minimum absolute atomic E-state index is 0.532. The summed E-state index contributed by atoms with van der Waals surface area (Å²) in [5.41, 5.74) is 5.35. The van der Waals surface area contributed by atoms with Crippen LogP contribution in [0.25, 0.3) is 5.57 Å². The summed E-state index contributed by atoms with van der Waals surface area (Å²) in [6.07, 6.45) is 2.13. The molecule has 0 fully saturated rings. The Morgan fingerprint density at radius 3 is 2.44 bits per heavy atom. The van der Waals surface area contributed by atoms with Crippen molar-refractivity contribution >= 4 is 17.2 Å². The second kappa shape index (κ2) is 4.62. The molecular weight excluding hydrogens is 240 g/mol. The molecule has 0 radical (unpaired) electrons. The van der Waals surface area contributed by atoms with Crippen molar-refractivity contribution in [2.45, 2.75) is 18.8 Å². The van der Waals surface area contributed by atoms with Crippen LogP contribution >= 0.6 is 11.6 Å². The Kier molecular flexibility index (Phi) is 2.97. The lowest BCUT2D eigenvalue weighted by atomic mass is 9.78. The third kappa shape index (κ3) is 2.09. The highest BCUT2D eigenvalue weighted by molar-refractivity contribution is 6.30. The summed E-state index contributed by atoms with van der Waals surface area (Å²) in [6.45, 7) is 4.22. The Balaban J connectivity index is 1.94. The maximum atomic E-state index is 5.94. The van der Waals surface area contributed by atoms with Crippen molar-refractivity contribution in [1.29, 1.82) is 0 Å². The van der Waals surface area contributed by atoms with E-state index < -0.39 is 0 Å². The van der Waals surface area contributed by atoms with Gasteiger partial charge in [-0.3, -0.25) is 0 Å². The van der Waals surface area contributed by atoms with E-state index in [4.69, 9.17) is 11.6 Å². The molecule has 0 bridgehead atoms. The van der Waals surface area contributed by atoms with Gasteiger partial charge in [-0.15, -0.1) is 0 Å². The number of halogens is 1. The van der Waals surface area contributed by atoms with E-state index in [1.807, 2.05) is 12.1 Å². The molecule has 3 rings (SSSR count). The molecule has 0 nitrogen and oxygen atoms in total. The zero-order valence-electron chi connectivity index (χ0n) is 10.2. The van der Waals surface area contributed by atoms with Gasteiger partial charge in [-0.2, -0.15) is 0 Å². The molecule has 1 unspecified atom stereocenters. The van der Waals surface area contributed by atoms with Gasteiger partial charge < -0.3 is 0 Å². The van der Waals surface area contributed by atoms with Crippen molar-refractivity contribution in [3.05, 3.63) is 76.8 Å². The summed E-state index contributed by atoms with van der Waals surface area (Å²) in [4.78, 5) is 0. The fourth-order valence-electron chi connectivity index (χ4n) is 2.76. The summed E-state index contributed by atoms with van der Waals surface area (Å²) in [5.74, 6) is 0.532. The summed E-state index contributed by atoms with van der Waals surface area (Å²) < 4.78 is 0. The van der Waals surface area contributed by atoms with Crippen molar-refractivity contribution < 1.29 is 0 Å². The van der Waals surface area contributed by atoms with Gasteiger partial charge in [-0.05, 0) is 53.2 Å². The molecule has 0 heterocycles. The molecule has 0 N–H and O–H groups in total. The fraction of sp³-hybridized carbons (Fsp3) is 0.176. The van der Waals surface area contributed by atoms with E-state index in [0.29, 0.717) is 5.92 Å². The summed E-state index contributed by atoms with van der Waals surface area (Å²) >= 11 is 5.94. The van der Waals surface area contributed by atoms with Gasteiger partial charge in [0.1, 0.15) is 0 Å². The second-order valence-corrected chi connectivity index (χ2v) is 5.35. The average Bonchev–Trinajstić information content (AvgIpc) is 2.39. The zero-order valence-corrected chi connectivity index (χ0v) is 11.0. The fourth-order valence-corrected chi connectivity index (χ4v) is 2.88. The smallest absolute Gasteiger partial charge is 0.0406 e. The van der Waals surface area contributed by atoms with Gasteiger partial charge in [-0.25, -0.2) is 0 Å². The SMILES string of the molecule is C=C1CC(c2ccc(Cl)cc2)Cc2ccccc21. The van der Waals surface area contributed by atoms with Crippen LogP contribution in [0.5, 0.6) is 0 Å². The van der Waals surface area contributed by atoms with Crippen LogP contribution in [0.2, 0.25) is 5.02 Å². The number of benzene rings is 2. The predicted octanol–water partition coefficient (Wildman–Crippen LogP) is 5.08. The molecule has 2 aromatic carbocycles. The van der Waals surface area contributed by atoms with Crippen LogP contribution in [-0.2, 0) is 6.42 Å². The molecule has 1 aliphatic rings. The van der Waals surface area contributed by atoms with Gasteiger partial charge in [0, 0.05) is 5.02 Å². The van der Waals surface area contributed by atoms with Crippen LogP contribution in [0.1, 0.15) is 29.0 Å². The number of hydrogen-bond acceptors (Lipinski definition) is 0. The second-order valence-electron chi connectivity index (χ2n) is 4.92. The van der Waals surface area contributed by atoms with Crippen molar-refractivity contribution in [1.82, 2.24) is 0 Å². The molecule has 18 heavy (non-hydrogen) atoms. The molecule has 0 spiro atoms. The molecule has 2 aromatic rings. The monoisotopic (exact) mass is 254 g/mol. The lowest BCUT2D eigenvalue weighted by Gasteiger charge is -2.26. The third-order valence-corrected chi connectivity index (χ3v) is 3.95. The van der Waals surface area contributed by atoms with E-state index in [0.717, 1.165) is 17.9 Å². The van der Waals surface area contributed by atoms with Crippen LogP contribution in [0, 0.1) is 0 Å². The first-order chi connectivity index (χ1) is 8.74. The molecule has 1 aliphatic carbocycles. The Labute approximate surface area is 113 Å². The van der Waals surface area contributed by atoms with Gasteiger partial charge in [0.2, 0.25) is 0 Å². The lowest BCUT2D eigenvalue weighted by Crippen LogP contribution is -2.11. The van der Waals surface area contributed by atoms with Crippen LogP contribution in [-0.4, -0.2) is 0 Å². The van der Waals surface area contributed by atoms with Gasteiger partial charge in [0.05, 0.1) is 0 Å². The lowest BCUT2D eigenvalue weighted by molar-refractivity contribution is 0.684. The molecule has 0 saturated heterocycles. The highest BCUT2D eigenvalue weighted by atomic mass is 35.5. The Bertz CT molecular complexity index is 581. The molecule has 0 aromatic heterocycles. The third-order valence-electron chi connectivity index (χ3n) is 3.70. The van der Waals surface area contributed by atoms with Gasteiger partial charge in [0.15, 0.2) is 0 Å². The normalized spacial score (nSPS) is 18.5. The van der Waals surface area contributed by atoms with E-state index in [2.05, 4.69) is 43.0 Å². The van der Waals surface area contributed by atoms with Gasteiger partial charge in [-0.1, -0.05) is 54.6 Å². The topological polar surface area (TPSA) is 0 Å². The Morgan fingerprint density at radius 2 is 1.67 bits per heavy atom. The van der Waals surface area contributed by atoms with E-state index in [1.54, 1.807) is 0 Å². The minimum Gasteiger partial charge on any atom is -0.0952 e. The minimum atomic E-state index is 0.532. The highest BCUT2D eigenvalue weighted by Crippen LogP contribution is 2.38. The molecule has 1 heteroatoms. The molecule has 1 atom stereocenters. The first-order valence-corrected chi connectivity index (χ1v) is 6.63. The zero-order chi connectivity index (χ0) is 12.5. The van der Waals surface area contributed by atoms with Gasteiger partial charge in [0.25, 0.3) is 0 Å². The van der Waals surface area contributed by atoms with Crippen molar-refractivity contribution in [2.75, 3.05) is 0 Å². The van der Waals surface area contributed by atoms with E-state index in [9.17, 15) is 0 Å². The van der Waals surface area contributed by atoms with E-state index in [1.165, 1.54) is 22.3 Å². The Morgan fingerprint density at radius 1 is 0.944 bits per heavy atom. The van der Waals surface area contributed by atoms with Crippen molar-refractivity contribution in [3.8, 4) is 0 Å². The highest BCUT2D eigenvalue weighted by Gasteiger charge is 2.21. The molecule has 90 valence electrons. The van der Waals surface area contributed by atoms with Crippen LogP contribution < -0.4 is 0 Å². The standard InChI is InChI=1S/C17H15Cl/c1-12-10-15(13-6-8-16(18)9-7-13)11-14-4-2-3-5-17(12)14/h2-9,15H,1,10-11H2. The van der Waals surface area contributed by atoms with E-state index >= 15 is 0 Å². The first-order valence-electron chi connectivity index (χ1n) is 6.25. The molecule has 0 saturated carbocycles. The van der Waals surface area contributed by atoms with Crippen LogP contribution in [0.3, 0.4) is 0 Å².